The van der Waals surface area contributed by atoms with Crippen LogP contribution >= 0.6 is 0 Å². The van der Waals surface area contributed by atoms with Crippen molar-refractivity contribution < 1.29 is 9.47 Å². The average molecular weight is 463 g/mol. The smallest absolute Gasteiger partial charge is 0.337 e. The highest BCUT2D eigenvalue weighted by Gasteiger charge is 2.17. The summed E-state index contributed by atoms with van der Waals surface area (Å²) in [6.45, 7) is 9.94. The minimum absolute atomic E-state index is 0.277. The second-order valence-corrected chi connectivity index (χ2v) is 7.35. The maximum Gasteiger partial charge on any atom is 0.337 e. The number of rotatable bonds is 10. The van der Waals surface area contributed by atoms with E-state index in [1.807, 2.05) is 37.3 Å². The van der Waals surface area contributed by atoms with Crippen LogP contribution in [0.4, 0.5) is 11.4 Å². The van der Waals surface area contributed by atoms with Crippen molar-refractivity contribution in [3.8, 4) is 5.88 Å². The van der Waals surface area contributed by atoms with Crippen molar-refractivity contribution in [2.45, 2.75) is 19.9 Å². The molecule has 34 heavy (non-hydrogen) atoms. The van der Waals surface area contributed by atoms with Crippen molar-refractivity contribution in [2.75, 3.05) is 31.9 Å². The standard InChI is InChI=1S/C25H30N6O3/c1-7-10-20(24(26-4)34-6)29-21-16-30(25(32)31-22(33-5)14-27-23(21)31)15-18-11-9-12-19(13-18)28-17(3)8-2/h8-14,16,28-29H,2-3,7,15H2,1,4-6H3/b20-10+,26-24?. The maximum atomic E-state index is 13.4. The number of nitrogens with zero attached hydrogens (tertiary/aromatic N) is 4. The Kier molecular flexibility index (Phi) is 7.92. The lowest BCUT2D eigenvalue weighted by Crippen LogP contribution is -2.28. The molecule has 0 spiro atoms. The zero-order valence-corrected chi connectivity index (χ0v) is 20.0. The van der Waals surface area contributed by atoms with Crippen molar-refractivity contribution in [3.05, 3.63) is 89.4 Å². The van der Waals surface area contributed by atoms with Crippen molar-refractivity contribution in [1.29, 1.82) is 0 Å². The second kappa shape index (κ2) is 11.0. The van der Waals surface area contributed by atoms with Crippen molar-refractivity contribution in [3.63, 3.8) is 0 Å². The van der Waals surface area contributed by atoms with Gasteiger partial charge in [-0.05, 0) is 30.2 Å². The molecule has 3 aromatic rings. The highest BCUT2D eigenvalue weighted by Crippen LogP contribution is 2.22. The number of aromatic nitrogens is 3. The number of fused-ring (bicyclic) bond motifs is 1. The van der Waals surface area contributed by atoms with Gasteiger partial charge >= 0.3 is 5.69 Å². The molecule has 2 aromatic heterocycles. The van der Waals surface area contributed by atoms with E-state index < -0.39 is 0 Å². The normalized spacial score (nSPS) is 11.9. The highest BCUT2D eigenvalue weighted by molar-refractivity contribution is 5.97. The van der Waals surface area contributed by atoms with E-state index in [4.69, 9.17) is 9.47 Å². The van der Waals surface area contributed by atoms with Crippen LogP contribution in [0.2, 0.25) is 0 Å². The summed E-state index contributed by atoms with van der Waals surface area (Å²) in [5.41, 5.74) is 3.90. The van der Waals surface area contributed by atoms with E-state index in [9.17, 15) is 4.79 Å². The largest absolute Gasteiger partial charge is 0.481 e. The van der Waals surface area contributed by atoms with Crippen LogP contribution in [0.15, 0.2) is 83.2 Å². The molecule has 9 nitrogen and oxygen atoms in total. The molecule has 0 aliphatic rings. The molecule has 0 radical (unpaired) electrons. The third-order valence-electron chi connectivity index (χ3n) is 5.04. The fourth-order valence-electron chi connectivity index (χ4n) is 3.50. The number of aliphatic imine (C=N–C) groups is 1. The summed E-state index contributed by atoms with van der Waals surface area (Å²) >= 11 is 0. The predicted octanol–water partition coefficient (Wildman–Crippen LogP) is 4.05. The summed E-state index contributed by atoms with van der Waals surface area (Å²) in [6.07, 6.45) is 7.61. The molecule has 0 saturated heterocycles. The first kappa shape index (κ1) is 24.4. The molecule has 0 bridgehead atoms. The molecule has 0 aliphatic carbocycles. The van der Waals surface area contributed by atoms with Gasteiger partial charge in [0.15, 0.2) is 5.65 Å². The molecule has 3 rings (SSSR count). The molecular formula is C25H30N6O3. The SMILES string of the molecule is C=CC(=C)Nc1cccc(Cn2cc(N/C(=C/CC)C(=NC)OC)c3ncc(OC)n3c2=O)c1. The lowest BCUT2D eigenvalue weighted by Gasteiger charge is -2.16. The minimum Gasteiger partial charge on any atom is -0.481 e. The Labute approximate surface area is 198 Å². The molecule has 0 fully saturated rings. The third-order valence-corrected chi connectivity index (χ3v) is 5.04. The van der Waals surface area contributed by atoms with E-state index in [1.165, 1.54) is 17.7 Å². The Morgan fingerprint density at radius 2 is 2.09 bits per heavy atom. The Hall–Kier alpha value is -4.27. The lowest BCUT2D eigenvalue weighted by molar-refractivity contribution is 0.390. The van der Waals surface area contributed by atoms with E-state index >= 15 is 0 Å². The second-order valence-electron chi connectivity index (χ2n) is 7.35. The average Bonchev–Trinajstić information content (AvgIpc) is 3.28. The molecule has 0 atom stereocenters. The van der Waals surface area contributed by atoms with Crippen molar-refractivity contribution >= 4 is 22.9 Å². The Morgan fingerprint density at radius 1 is 1.29 bits per heavy atom. The first-order valence-electron chi connectivity index (χ1n) is 10.8. The van der Waals surface area contributed by atoms with Crippen molar-refractivity contribution in [2.24, 2.45) is 4.99 Å². The summed E-state index contributed by atoms with van der Waals surface area (Å²) in [5.74, 6) is 0.782. The molecule has 1 aromatic carbocycles. The number of methoxy groups -OCH3 is 2. The summed E-state index contributed by atoms with van der Waals surface area (Å²) in [5, 5.41) is 6.50. The van der Waals surface area contributed by atoms with Crippen molar-refractivity contribution in [1.82, 2.24) is 14.0 Å². The Bertz CT molecular complexity index is 1320. The fraction of sp³-hybridized carbons (Fsp3) is 0.240. The fourth-order valence-corrected chi connectivity index (χ4v) is 3.50. The minimum atomic E-state index is -0.277. The van der Waals surface area contributed by atoms with E-state index in [1.54, 1.807) is 31.0 Å². The number of anilines is 2. The van der Waals surface area contributed by atoms with Crippen LogP contribution in [0, 0.1) is 0 Å². The summed E-state index contributed by atoms with van der Waals surface area (Å²) in [6, 6.07) is 7.75. The van der Waals surface area contributed by atoms with Gasteiger partial charge in [-0.2, -0.15) is 0 Å². The van der Waals surface area contributed by atoms with Gasteiger partial charge in [0.2, 0.25) is 11.8 Å². The number of nitrogens with one attached hydrogen (secondary N) is 2. The molecule has 2 N–H and O–H groups in total. The summed E-state index contributed by atoms with van der Waals surface area (Å²) in [4.78, 5) is 22.0. The van der Waals surface area contributed by atoms with Gasteiger partial charge in [0.25, 0.3) is 0 Å². The van der Waals surface area contributed by atoms with Gasteiger partial charge in [0, 0.05) is 24.6 Å². The Morgan fingerprint density at radius 3 is 2.74 bits per heavy atom. The predicted molar refractivity (Wildman–Crippen MR) is 137 cm³/mol. The number of ether oxygens (including phenoxy) is 2. The first-order valence-corrected chi connectivity index (χ1v) is 10.8. The van der Waals surface area contributed by atoms with Crippen LogP contribution in [-0.2, 0) is 11.3 Å². The topological polar surface area (TPSA) is 94.2 Å². The Balaban J connectivity index is 2.10. The van der Waals surface area contributed by atoms with Crippen LogP contribution in [-0.4, -0.2) is 41.1 Å². The van der Waals surface area contributed by atoms with Gasteiger partial charge in [0.05, 0.1) is 38.3 Å². The quantitative estimate of drug-likeness (QED) is 0.268. The van der Waals surface area contributed by atoms with Crippen LogP contribution in [0.25, 0.3) is 5.65 Å². The highest BCUT2D eigenvalue weighted by atomic mass is 16.5. The molecule has 178 valence electrons. The van der Waals surface area contributed by atoms with Gasteiger partial charge in [-0.1, -0.05) is 38.3 Å². The summed E-state index contributed by atoms with van der Waals surface area (Å²) in [7, 11) is 4.72. The number of allylic oxidation sites excluding steroid dienone is 2. The number of hydrogen-bond acceptors (Lipinski definition) is 7. The van der Waals surface area contributed by atoms with E-state index in [2.05, 4.69) is 33.8 Å². The lowest BCUT2D eigenvalue weighted by atomic mass is 10.2. The van der Waals surface area contributed by atoms with E-state index in [0.29, 0.717) is 41.1 Å². The molecule has 2 heterocycles. The summed E-state index contributed by atoms with van der Waals surface area (Å²) < 4.78 is 13.8. The molecular weight excluding hydrogens is 432 g/mol. The molecule has 9 heteroatoms. The van der Waals surface area contributed by atoms with Gasteiger partial charge in [-0.15, -0.1) is 0 Å². The van der Waals surface area contributed by atoms with Crippen LogP contribution in [0.5, 0.6) is 5.88 Å². The third kappa shape index (κ3) is 5.20. The molecule has 0 aliphatic heterocycles. The van der Waals surface area contributed by atoms with E-state index in [-0.39, 0.29) is 5.69 Å². The van der Waals surface area contributed by atoms with Crippen LogP contribution in [0.1, 0.15) is 18.9 Å². The van der Waals surface area contributed by atoms with Crippen LogP contribution < -0.4 is 21.1 Å². The number of hydrogen-bond donors (Lipinski definition) is 2. The zero-order valence-electron chi connectivity index (χ0n) is 20.0. The van der Waals surface area contributed by atoms with Gasteiger partial charge in [-0.3, -0.25) is 9.56 Å². The number of imidazole rings is 1. The maximum absolute atomic E-state index is 13.4. The molecule has 0 amide bonds. The monoisotopic (exact) mass is 462 g/mol. The zero-order chi connectivity index (χ0) is 24.7. The van der Waals surface area contributed by atoms with Gasteiger partial charge in [-0.25, -0.2) is 14.2 Å². The van der Waals surface area contributed by atoms with E-state index in [0.717, 1.165) is 17.7 Å². The van der Waals surface area contributed by atoms with Crippen LogP contribution in [0.3, 0.4) is 0 Å². The van der Waals surface area contributed by atoms with Gasteiger partial charge < -0.3 is 20.1 Å². The first-order chi connectivity index (χ1) is 16.4. The molecule has 0 saturated carbocycles. The molecule has 0 unspecified atom stereocenters. The number of benzene rings is 1. The van der Waals surface area contributed by atoms with Gasteiger partial charge in [0.1, 0.15) is 0 Å².